The summed E-state index contributed by atoms with van der Waals surface area (Å²) >= 11 is 8.00. The number of hydrogen-bond acceptors (Lipinski definition) is 4. The normalized spacial score (nSPS) is 13.9. The van der Waals surface area contributed by atoms with Crippen LogP contribution in [0, 0.1) is 0 Å². The molecule has 0 amide bonds. The van der Waals surface area contributed by atoms with E-state index in [1.54, 1.807) is 0 Å². The Labute approximate surface area is 762 Å². The maximum atomic E-state index is 8.00. The third-order valence-corrected chi connectivity index (χ3v) is 28.8. The molecule has 4 aromatic heterocycles. The Morgan fingerprint density at radius 1 is 0.223 bits per heavy atom. The van der Waals surface area contributed by atoms with Crippen molar-refractivity contribution in [3.8, 4) is 22.7 Å². The minimum Gasteiger partial charge on any atom is -0.311 e. The van der Waals surface area contributed by atoms with Crippen LogP contribution in [0.1, 0.15) is 87.2 Å². The SMILES string of the molecule is Clc1c(N(c2ccccc2)c2ccccc2)cc(C2CCCCC2)cc1N(c1ccc(-n2c3ccccc3c3ccccc32)cc1)c1ccc(-n2c3ccccc3c3ccccc32)cc1.c1ccc(N2c3ccccc3B3c4cc(-n5c6ccccc6c6ccccc65)ccc4N(c4ccc(-n5c6ccccc6c6ccccc65)cc4)c4cc(C5CCCCC5)cc2c43)cc1. The average Bonchev–Trinajstić information content (AvgIpc) is 1.07. The lowest BCUT2D eigenvalue weighted by Gasteiger charge is -2.45. The number of nitrogens with zero attached hydrogens (tertiary/aromatic N) is 8. The zero-order valence-electron chi connectivity index (χ0n) is 72.2. The molecular weight excluding hydrogens is 1600 g/mol. The summed E-state index contributed by atoms with van der Waals surface area (Å²) in [6, 6.07) is 156. The van der Waals surface area contributed by atoms with E-state index in [-0.39, 0.29) is 6.71 Å². The van der Waals surface area contributed by atoms with Gasteiger partial charge in [0.15, 0.2) is 0 Å². The van der Waals surface area contributed by atoms with E-state index in [9.17, 15) is 0 Å². The quantitative estimate of drug-likeness (QED) is 0.102. The summed E-state index contributed by atoms with van der Waals surface area (Å²) in [5, 5.41) is 10.8. The second-order valence-corrected chi connectivity index (χ2v) is 36.0. The number of benzene rings is 18. The highest BCUT2D eigenvalue weighted by molar-refractivity contribution is 7.00. The van der Waals surface area contributed by atoms with E-state index in [2.05, 4.69) is 463 Å². The molecule has 8 nitrogen and oxygen atoms in total. The molecule has 0 N–H and O–H groups in total. The molecule has 2 aliphatic heterocycles. The van der Waals surface area contributed by atoms with Crippen LogP contribution in [0.25, 0.3) is 110 Å². The summed E-state index contributed by atoms with van der Waals surface area (Å²) in [5.74, 6) is 0.960. The first-order valence-electron chi connectivity index (χ1n) is 46.3. The van der Waals surface area contributed by atoms with Crippen molar-refractivity contribution < 1.29 is 0 Å². The van der Waals surface area contributed by atoms with Crippen LogP contribution in [0.2, 0.25) is 5.02 Å². The van der Waals surface area contributed by atoms with Crippen molar-refractivity contribution in [2.45, 2.75) is 76.0 Å². The van der Waals surface area contributed by atoms with Crippen molar-refractivity contribution in [1.29, 1.82) is 0 Å². The van der Waals surface area contributed by atoms with E-state index >= 15 is 0 Å². The van der Waals surface area contributed by atoms with Gasteiger partial charge in [-0.15, -0.1) is 0 Å². The number of rotatable bonds is 14. The molecule has 2 fully saturated rings. The van der Waals surface area contributed by atoms with Gasteiger partial charge in [0.25, 0.3) is 6.71 Å². The second kappa shape index (κ2) is 32.2. The predicted molar refractivity (Wildman–Crippen MR) is 550 cm³/mol. The molecule has 0 atom stereocenters. The maximum Gasteiger partial charge on any atom is 0.252 e. The summed E-state index contributed by atoms with van der Waals surface area (Å²) in [5.41, 5.74) is 34.5. The number of anilines is 12. The average molecular weight is 1690 g/mol. The highest BCUT2D eigenvalue weighted by atomic mass is 35.5. The van der Waals surface area contributed by atoms with Crippen LogP contribution >= 0.6 is 11.6 Å². The summed E-state index contributed by atoms with van der Waals surface area (Å²) in [6.07, 6.45) is 12.4. The summed E-state index contributed by atoms with van der Waals surface area (Å²) in [7, 11) is 0. The van der Waals surface area contributed by atoms with Gasteiger partial charge in [-0.3, -0.25) is 0 Å². The van der Waals surface area contributed by atoms with Crippen molar-refractivity contribution >= 4 is 190 Å². The van der Waals surface area contributed by atoms with E-state index in [1.165, 1.54) is 200 Å². The van der Waals surface area contributed by atoms with Crippen LogP contribution in [-0.4, -0.2) is 25.0 Å². The van der Waals surface area contributed by atoms with E-state index in [0.29, 0.717) is 16.9 Å². The number of para-hydroxylation sites is 12. The van der Waals surface area contributed by atoms with E-state index < -0.39 is 0 Å². The maximum absolute atomic E-state index is 8.00. The molecule has 2 aliphatic carbocycles. The Kier molecular flexibility index (Phi) is 19.1. The van der Waals surface area contributed by atoms with Gasteiger partial charge in [-0.1, -0.05) is 269 Å². The smallest absolute Gasteiger partial charge is 0.252 e. The van der Waals surface area contributed by atoms with Gasteiger partial charge in [0.1, 0.15) is 0 Å². The Morgan fingerprint density at radius 2 is 0.500 bits per heavy atom. The van der Waals surface area contributed by atoms with Crippen LogP contribution < -0.4 is 36.0 Å². The van der Waals surface area contributed by atoms with Gasteiger partial charge >= 0.3 is 0 Å². The van der Waals surface area contributed by atoms with Crippen molar-refractivity contribution in [1.82, 2.24) is 18.3 Å². The lowest BCUT2D eigenvalue weighted by molar-refractivity contribution is 0.444. The molecule has 4 aliphatic rings. The van der Waals surface area contributed by atoms with Gasteiger partial charge < -0.3 is 37.9 Å². The molecule has 26 rings (SSSR count). The van der Waals surface area contributed by atoms with Crippen LogP contribution in [0.15, 0.2) is 425 Å². The fourth-order valence-electron chi connectivity index (χ4n) is 22.6. The zero-order valence-corrected chi connectivity index (χ0v) is 72.9. The summed E-state index contributed by atoms with van der Waals surface area (Å²) in [6.45, 7) is 0.0211. The number of halogens is 1. The Bertz CT molecular complexity index is 7680. The molecule has 622 valence electrons. The molecule has 2 saturated carbocycles. The Morgan fingerprint density at radius 3 is 0.877 bits per heavy atom. The molecule has 0 radical (unpaired) electrons. The van der Waals surface area contributed by atoms with Gasteiger partial charge in [-0.25, -0.2) is 0 Å². The molecule has 6 heterocycles. The minimum atomic E-state index is 0.0211. The van der Waals surface area contributed by atoms with Crippen molar-refractivity contribution in [3.05, 3.63) is 441 Å². The minimum absolute atomic E-state index is 0.0211. The van der Waals surface area contributed by atoms with Gasteiger partial charge in [0.2, 0.25) is 0 Å². The highest BCUT2D eigenvalue weighted by Gasteiger charge is 2.45. The topological polar surface area (TPSA) is 32.7 Å². The fourth-order valence-corrected chi connectivity index (χ4v) is 22.9. The number of fused-ring (bicyclic) bond motifs is 16. The van der Waals surface area contributed by atoms with Crippen LogP contribution in [-0.2, 0) is 0 Å². The van der Waals surface area contributed by atoms with Gasteiger partial charge in [-0.2, -0.15) is 0 Å². The molecule has 0 unspecified atom stereocenters. The largest absolute Gasteiger partial charge is 0.311 e. The third-order valence-electron chi connectivity index (χ3n) is 28.4. The second-order valence-electron chi connectivity index (χ2n) is 35.6. The standard InChI is InChI=1S/C60H45BN4.C60H47ClN4/c1-3-17-40(18-4-1)41-37-58-60-59(38-41)64(44-33-31-43(32-34-44)62-52-26-12-7-21-46(52)47-22-8-13-27-53(47)62)57-36-35-45(65-54-28-14-9-23-48(54)49-24-10-15-29-55(49)65)39-51(57)61(60)50-25-11-16-30-56(50)63(58)42-19-5-2-6-20-42;61-60-58(62(44-20-6-2-7-21-44)45-22-8-3-9-23-45)40-43(42-18-4-1-5-19-42)41-59(60)63(46-32-36-48(37-33-46)64-54-28-14-10-24-50(54)51-25-11-15-29-55(51)64)47-34-38-49(39-35-47)65-56-30-16-12-26-52(56)53-27-13-17-31-57(53)65/h2,5-16,19-40H,1,3-4,17-18H2;2-3,6-17,20-42H,1,4-5,18-19H2. The molecule has 130 heavy (non-hydrogen) atoms. The van der Waals surface area contributed by atoms with Crippen molar-refractivity contribution in [2.75, 3.05) is 19.6 Å². The van der Waals surface area contributed by atoms with Crippen LogP contribution in [0.3, 0.4) is 0 Å². The van der Waals surface area contributed by atoms with Crippen LogP contribution in [0.4, 0.5) is 68.2 Å². The van der Waals surface area contributed by atoms with Gasteiger partial charge in [0.05, 0.1) is 60.5 Å². The van der Waals surface area contributed by atoms with Crippen LogP contribution in [0.5, 0.6) is 0 Å². The van der Waals surface area contributed by atoms with E-state index in [0.717, 1.165) is 69.7 Å². The first kappa shape index (κ1) is 77.1. The van der Waals surface area contributed by atoms with E-state index in [4.69, 9.17) is 11.6 Å². The summed E-state index contributed by atoms with van der Waals surface area (Å²) in [4.78, 5) is 9.85. The molecule has 10 heteroatoms. The number of aromatic nitrogens is 4. The lowest BCUT2D eigenvalue weighted by Crippen LogP contribution is -2.61. The monoisotopic (exact) mass is 1690 g/mol. The molecule has 0 saturated heterocycles. The predicted octanol–water partition coefficient (Wildman–Crippen LogP) is 31.5. The van der Waals surface area contributed by atoms with E-state index in [1.807, 2.05) is 0 Å². The fraction of sp³-hybridized carbons (Fsp3) is 0.100. The molecule has 18 aromatic carbocycles. The zero-order chi connectivity index (χ0) is 85.9. The third kappa shape index (κ3) is 12.9. The molecule has 0 bridgehead atoms. The first-order valence-corrected chi connectivity index (χ1v) is 46.7. The molecule has 22 aromatic rings. The van der Waals surface area contributed by atoms with Gasteiger partial charge in [0, 0.05) is 123 Å². The highest BCUT2D eigenvalue weighted by Crippen LogP contribution is 2.53. The molecule has 0 spiro atoms. The Hall–Kier alpha value is -15.3. The lowest BCUT2D eigenvalue weighted by atomic mass is 9.33. The first-order chi connectivity index (χ1) is 64.5. The number of hydrogen-bond donors (Lipinski definition) is 0. The molecular formula is C120H92BClN8. The van der Waals surface area contributed by atoms with Crippen molar-refractivity contribution in [2.24, 2.45) is 0 Å². The Balaban J connectivity index is 0.000000140. The summed E-state index contributed by atoms with van der Waals surface area (Å²) < 4.78 is 9.66. The van der Waals surface area contributed by atoms with Crippen molar-refractivity contribution in [3.63, 3.8) is 0 Å². The van der Waals surface area contributed by atoms with Gasteiger partial charge in [-0.05, 0) is 271 Å².